The molecule has 1 aromatic rings. The lowest BCUT2D eigenvalue weighted by Crippen LogP contribution is -2.37. The summed E-state index contributed by atoms with van der Waals surface area (Å²) in [6.07, 6.45) is -9.88. The lowest BCUT2D eigenvalue weighted by Gasteiger charge is -2.22. The number of benzene rings is 1. The maximum Gasteiger partial charge on any atom is 0.453 e. The molecule has 0 saturated carbocycles. The summed E-state index contributed by atoms with van der Waals surface area (Å²) in [4.78, 5) is 0. The Morgan fingerprint density at radius 3 is 2.06 bits per heavy atom. The molecule has 1 aromatic carbocycles. The topological polar surface area (TPSA) is 20.2 Å². The molecule has 7 heteroatoms. The van der Waals surface area contributed by atoms with E-state index >= 15 is 0 Å². The first kappa shape index (κ1) is 13.8. The van der Waals surface area contributed by atoms with Crippen LogP contribution in [0.15, 0.2) is 24.3 Å². The minimum absolute atomic E-state index is 0.587. The van der Waals surface area contributed by atoms with Crippen LogP contribution in [0, 0.1) is 5.82 Å². The molecule has 1 rings (SSSR count). The average molecular weight is 258 g/mol. The fraction of sp³-hybridized carbons (Fsp3) is 0.400. The zero-order valence-electron chi connectivity index (χ0n) is 8.31. The summed E-state index contributed by atoms with van der Waals surface area (Å²) < 4.78 is 73.8. The Labute approximate surface area is 92.7 Å². The average Bonchev–Trinajstić information content (AvgIpc) is 2.15. The van der Waals surface area contributed by atoms with Crippen LogP contribution in [-0.4, -0.2) is 17.2 Å². The molecule has 1 nitrogen and oxygen atoms in total. The number of halogens is 6. The largest absolute Gasteiger partial charge is 0.453 e. The van der Waals surface area contributed by atoms with E-state index < -0.39 is 36.0 Å². The molecule has 0 radical (unpaired) electrons. The Balaban J connectivity index is 2.87. The Bertz CT molecular complexity index is 387. The van der Waals surface area contributed by atoms with Crippen molar-refractivity contribution in [2.45, 2.75) is 24.6 Å². The Morgan fingerprint density at radius 1 is 1.06 bits per heavy atom. The monoisotopic (exact) mass is 258 g/mol. The molecule has 1 atom stereocenters. The van der Waals surface area contributed by atoms with Crippen LogP contribution in [0.2, 0.25) is 0 Å². The van der Waals surface area contributed by atoms with Gasteiger partial charge < -0.3 is 5.11 Å². The van der Waals surface area contributed by atoms with Crippen LogP contribution in [0.25, 0.3) is 0 Å². The van der Waals surface area contributed by atoms with E-state index in [1.165, 1.54) is 12.1 Å². The number of hydrogen-bond acceptors (Lipinski definition) is 1. The van der Waals surface area contributed by atoms with Crippen molar-refractivity contribution in [2.24, 2.45) is 0 Å². The van der Waals surface area contributed by atoms with Gasteiger partial charge in [-0.1, -0.05) is 18.2 Å². The Morgan fingerprint density at radius 2 is 1.59 bits per heavy atom. The molecule has 0 aliphatic heterocycles. The van der Waals surface area contributed by atoms with Gasteiger partial charge in [-0.25, -0.2) is 4.39 Å². The standard InChI is InChI=1S/C10H8F6O/c11-7-4-2-1-3-6(7)8(17)5-9(12,13)10(14,15)16/h1-4,8,17H,5H2. The summed E-state index contributed by atoms with van der Waals surface area (Å²) in [5, 5.41) is 9.18. The van der Waals surface area contributed by atoms with Crippen molar-refractivity contribution in [3.63, 3.8) is 0 Å². The molecule has 0 heterocycles. The normalized spacial score (nSPS) is 14.8. The van der Waals surface area contributed by atoms with Crippen LogP contribution in [0.1, 0.15) is 18.1 Å². The predicted molar refractivity (Wildman–Crippen MR) is 47.0 cm³/mol. The molecule has 0 aliphatic rings. The summed E-state index contributed by atoms with van der Waals surface area (Å²) >= 11 is 0. The van der Waals surface area contributed by atoms with Gasteiger partial charge in [0.05, 0.1) is 12.5 Å². The van der Waals surface area contributed by atoms with E-state index in [0.29, 0.717) is 0 Å². The van der Waals surface area contributed by atoms with Crippen molar-refractivity contribution in [1.82, 2.24) is 0 Å². The fourth-order valence-electron chi connectivity index (χ4n) is 1.21. The Kier molecular flexibility index (Phi) is 3.71. The first-order valence-corrected chi connectivity index (χ1v) is 4.52. The minimum Gasteiger partial charge on any atom is -0.388 e. The SMILES string of the molecule is OC(CC(F)(F)C(F)(F)F)c1ccccc1F. The van der Waals surface area contributed by atoms with Crippen molar-refractivity contribution in [3.05, 3.63) is 35.6 Å². The molecule has 0 amide bonds. The van der Waals surface area contributed by atoms with Gasteiger partial charge in [0.2, 0.25) is 0 Å². The van der Waals surface area contributed by atoms with Crippen LogP contribution >= 0.6 is 0 Å². The maximum absolute atomic E-state index is 13.0. The van der Waals surface area contributed by atoms with Crippen LogP contribution in [0.5, 0.6) is 0 Å². The number of rotatable bonds is 3. The van der Waals surface area contributed by atoms with Crippen molar-refractivity contribution < 1.29 is 31.4 Å². The van der Waals surface area contributed by atoms with Crippen molar-refractivity contribution in [3.8, 4) is 0 Å². The number of aliphatic hydroxyl groups is 1. The molecular formula is C10H8F6O. The smallest absolute Gasteiger partial charge is 0.388 e. The van der Waals surface area contributed by atoms with E-state index in [4.69, 9.17) is 0 Å². The highest BCUT2D eigenvalue weighted by molar-refractivity contribution is 5.20. The van der Waals surface area contributed by atoms with Gasteiger partial charge in [-0.15, -0.1) is 0 Å². The van der Waals surface area contributed by atoms with Gasteiger partial charge >= 0.3 is 12.1 Å². The number of alkyl halides is 5. The van der Waals surface area contributed by atoms with Crippen LogP contribution in [0.3, 0.4) is 0 Å². The zero-order chi connectivity index (χ0) is 13.3. The van der Waals surface area contributed by atoms with Crippen LogP contribution < -0.4 is 0 Å². The van der Waals surface area contributed by atoms with E-state index in [0.717, 1.165) is 12.1 Å². The van der Waals surface area contributed by atoms with Gasteiger partial charge in [-0.3, -0.25) is 0 Å². The second-order valence-corrected chi connectivity index (χ2v) is 3.44. The molecule has 0 aliphatic carbocycles. The molecule has 0 fully saturated rings. The van der Waals surface area contributed by atoms with Gasteiger partial charge in [0.25, 0.3) is 0 Å². The van der Waals surface area contributed by atoms with Gasteiger partial charge in [0.1, 0.15) is 5.82 Å². The van der Waals surface area contributed by atoms with Crippen LogP contribution in [-0.2, 0) is 0 Å². The molecule has 1 unspecified atom stereocenters. The summed E-state index contributed by atoms with van der Waals surface area (Å²) in [6, 6.07) is 4.28. The highest BCUT2D eigenvalue weighted by Crippen LogP contribution is 2.41. The fourth-order valence-corrected chi connectivity index (χ4v) is 1.21. The molecule has 0 bridgehead atoms. The zero-order valence-corrected chi connectivity index (χ0v) is 8.31. The van der Waals surface area contributed by atoms with E-state index in [2.05, 4.69) is 0 Å². The van der Waals surface area contributed by atoms with E-state index in [9.17, 15) is 31.4 Å². The van der Waals surface area contributed by atoms with E-state index in [1.54, 1.807) is 0 Å². The van der Waals surface area contributed by atoms with E-state index in [1.807, 2.05) is 0 Å². The highest BCUT2D eigenvalue weighted by Gasteiger charge is 2.58. The predicted octanol–water partition coefficient (Wildman–Crippen LogP) is 3.45. The lowest BCUT2D eigenvalue weighted by atomic mass is 10.0. The Hall–Kier alpha value is -1.24. The van der Waals surface area contributed by atoms with E-state index in [-0.39, 0.29) is 0 Å². The molecule has 17 heavy (non-hydrogen) atoms. The summed E-state index contributed by atoms with van der Waals surface area (Å²) in [7, 11) is 0. The molecular weight excluding hydrogens is 250 g/mol. The minimum atomic E-state index is -5.76. The molecule has 0 spiro atoms. The first-order chi connectivity index (χ1) is 7.65. The van der Waals surface area contributed by atoms with Crippen molar-refractivity contribution in [2.75, 3.05) is 0 Å². The third kappa shape index (κ3) is 3.12. The molecule has 0 saturated heterocycles. The number of hydrogen-bond donors (Lipinski definition) is 1. The number of aliphatic hydroxyl groups excluding tert-OH is 1. The van der Waals surface area contributed by atoms with Gasteiger partial charge in [-0.2, -0.15) is 22.0 Å². The second kappa shape index (κ2) is 4.56. The lowest BCUT2D eigenvalue weighted by molar-refractivity contribution is -0.290. The van der Waals surface area contributed by atoms with Gasteiger partial charge in [0.15, 0.2) is 0 Å². The van der Waals surface area contributed by atoms with Gasteiger partial charge in [0, 0.05) is 5.56 Å². The molecule has 0 aromatic heterocycles. The molecule has 96 valence electrons. The van der Waals surface area contributed by atoms with Gasteiger partial charge in [-0.05, 0) is 6.07 Å². The summed E-state index contributed by atoms with van der Waals surface area (Å²) in [6.45, 7) is 0. The first-order valence-electron chi connectivity index (χ1n) is 4.52. The third-order valence-corrected chi connectivity index (χ3v) is 2.13. The quantitative estimate of drug-likeness (QED) is 0.823. The maximum atomic E-state index is 13.0. The third-order valence-electron chi connectivity index (χ3n) is 2.13. The summed E-state index contributed by atoms with van der Waals surface area (Å²) in [5.41, 5.74) is -0.587. The van der Waals surface area contributed by atoms with Crippen LogP contribution in [0.4, 0.5) is 26.3 Å². The second-order valence-electron chi connectivity index (χ2n) is 3.44. The highest BCUT2D eigenvalue weighted by atomic mass is 19.4. The van der Waals surface area contributed by atoms with Crippen molar-refractivity contribution >= 4 is 0 Å². The molecule has 1 N–H and O–H groups in total. The summed E-state index contributed by atoms with van der Waals surface area (Å²) in [5.74, 6) is -6.09. The van der Waals surface area contributed by atoms with Crippen molar-refractivity contribution in [1.29, 1.82) is 0 Å².